The SMILES string of the molecule is CC#CCOc1ccc(CC(N)CC)cc1Br. The van der Waals surface area contributed by atoms with Gasteiger partial charge in [-0.15, -0.1) is 5.92 Å². The molecule has 0 radical (unpaired) electrons. The van der Waals surface area contributed by atoms with Crippen molar-refractivity contribution < 1.29 is 4.74 Å². The van der Waals surface area contributed by atoms with E-state index in [1.165, 1.54) is 5.56 Å². The molecule has 17 heavy (non-hydrogen) atoms. The van der Waals surface area contributed by atoms with Gasteiger partial charge in [0.1, 0.15) is 12.4 Å². The molecule has 0 saturated carbocycles. The Morgan fingerprint density at radius 1 is 1.47 bits per heavy atom. The summed E-state index contributed by atoms with van der Waals surface area (Å²) in [7, 11) is 0. The number of benzene rings is 1. The third-order valence-corrected chi connectivity index (χ3v) is 3.11. The highest BCUT2D eigenvalue weighted by atomic mass is 79.9. The average Bonchev–Trinajstić information content (AvgIpc) is 2.32. The molecule has 0 aromatic heterocycles. The minimum atomic E-state index is 0.222. The summed E-state index contributed by atoms with van der Waals surface area (Å²) in [5, 5.41) is 0. The van der Waals surface area contributed by atoms with Crippen LogP contribution in [-0.2, 0) is 6.42 Å². The normalized spacial score (nSPS) is 11.5. The molecule has 0 aliphatic rings. The van der Waals surface area contributed by atoms with E-state index in [1.807, 2.05) is 6.07 Å². The summed E-state index contributed by atoms with van der Waals surface area (Å²) in [6.45, 7) is 4.32. The van der Waals surface area contributed by atoms with Crippen LogP contribution < -0.4 is 10.5 Å². The number of hydrogen-bond donors (Lipinski definition) is 1. The first-order chi connectivity index (χ1) is 8.17. The molecule has 1 rings (SSSR count). The second-order valence-corrected chi connectivity index (χ2v) is 4.71. The van der Waals surface area contributed by atoms with Gasteiger partial charge in [0.25, 0.3) is 0 Å². The van der Waals surface area contributed by atoms with Crippen LogP contribution in [0.1, 0.15) is 25.8 Å². The van der Waals surface area contributed by atoms with Gasteiger partial charge in [0.2, 0.25) is 0 Å². The maximum absolute atomic E-state index is 5.93. The predicted molar refractivity (Wildman–Crippen MR) is 75.1 cm³/mol. The van der Waals surface area contributed by atoms with Crippen LogP contribution in [0.15, 0.2) is 22.7 Å². The van der Waals surface area contributed by atoms with Crippen LogP contribution in [0.25, 0.3) is 0 Å². The van der Waals surface area contributed by atoms with Gasteiger partial charge < -0.3 is 10.5 Å². The Labute approximate surface area is 112 Å². The largest absolute Gasteiger partial charge is 0.480 e. The maximum atomic E-state index is 5.93. The molecule has 2 nitrogen and oxygen atoms in total. The van der Waals surface area contributed by atoms with E-state index >= 15 is 0 Å². The first-order valence-corrected chi connectivity index (χ1v) is 6.53. The Morgan fingerprint density at radius 3 is 2.82 bits per heavy atom. The van der Waals surface area contributed by atoms with Gasteiger partial charge in [-0.05, 0) is 53.4 Å². The first kappa shape index (κ1) is 14.1. The standard InChI is InChI=1S/C14H18BrNO/c1-3-5-8-17-14-7-6-11(10-13(14)15)9-12(16)4-2/h6-7,10,12H,4,8-9,16H2,1-2H3. The lowest BCUT2D eigenvalue weighted by molar-refractivity contribution is 0.367. The van der Waals surface area contributed by atoms with Gasteiger partial charge in [-0.3, -0.25) is 0 Å². The molecule has 0 bridgehead atoms. The van der Waals surface area contributed by atoms with Gasteiger partial charge in [-0.25, -0.2) is 0 Å². The van der Waals surface area contributed by atoms with Crippen LogP contribution in [-0.4, -0.2) is 12.6 Å². The number of hydrogen-bond acceptors (Lipinski definition) is 2. The molecular weight excluding hydrogens is 278 g/mol. The fraction of sp³-hybridized carbons (Fsp3) is 0.429. The lowest BCUT2D eigenvalue weighted by atomic mass is 10.0. The van der Waals surface area contributed by atoms with Crippen LogP contribution in [0.2, 0.25) is 0 Å². The zero-order valence-electron chi connectivity index (χ0n) is 10.3. The van der Waals surface area contributed by atoms with Crippen molar-refractivity contribution in [2.24, 2.45) is 5.73 Å². The Kier molecular flexibility index (Phi) is 6.10. The molecule has 92 valence electrons. The van der Waals surface area contributed by atoms with Gasteiger partial charge in [0, 0.05) is 6.04 Å². The first-order valence-electron chi connectivity index (χ1n) is 5.73. The van der Waals surface area contributed by atoms with Crippen LogP contribution in [0.3, 0.4) is 0 Å². The molecule has 1 aromatic rings. The van der Waals surface area contributed by atoms with Crippen LogP contribution in [0.5, 0.6) is 5.75 Å². The number of ether oxygens (including phenoxy) is 1. The van der Waals surface area contributed by atoms with E-state index in [0.29, 0.717) is 6.61 Å². The fourth-order valence-corrected chi connectivity index (χ4v) is 1.96. The molecule has 0 aliphatic heterocycles. The summed E-state index contributed by atoms with van der Waals surface area (Å²) in [6, 6.07) is 6.29. The number of rotatable bonds is 5. The Morgan fingerprint density at radius 2 is 2.24 bits per heavy atom. The molecule has 2 N–H and O–H groups in total. The summed E-state index contributed by atoms with van der Waals surface area (Å²) in [6.07, 6.45) is 1.88. The number of halogens is 1. The zero-order valence-corrected chi connectivity index (χ0v) is 11.9. The van der Waals surface area contributed by atoms with Crippen molar-refractivity contribution >= 4 is 15.9 Å². The van der Waals surface area contributed by atoms with Crippen molar-refractivity contribution in [3.63, 3.8) is 0 Å². The summed E-state index contributed by atoms with van der Waals surface area (Å²) < 4.78 is 6.47. The van der Waals surface area contributed by atoms with Gasteiger partial charge >= 0.3 is 0 Å². The fourth-order valence-electron chi connectivity index (χ4n) is 1.42. The highest BCUT2D eigenvalue weighted by Crippen LogP contribution is 2.26. The van der Waals surface area contributed by atoms with E-state index in [4.69, 9.17) is 10.5 Å². The van der Waals surface area contributed by atoms with E-state index < -0.39 is 0 Å². The highest BCUT2D eigenvalue weighted by molar-refractivity contribution is 9.10. The smallest absolute Gasteiger partial charge is 0.149 e. The van der Waals surface area contributed by atoms with Crippen molar-refractivity contribution in [3.05, 3.63) is 28.2 Å². The number of nitrogens with two attached hydrogens (primary N) is 1. The summed E-state index contributed by atoms with van der Waals surface area (Å²) in [4.78, 5) is 0. The molecule has 0 fully saturated rings. The average molecular weight is 296 g/mol. The van der Waals surface area contributed by atoms with Crippen molar-refractivity contribution in [1.29, 1.82) is 0 Å². The third kappa shape index (κ3) is 4.80. The third-order valence-electron chi connectivity index (χ3n) is 2.50. The minimum Gasteiger partial charge on any atom is -0.480 e. The predicted octanol–water partition coefficient (Wildman–Crippen LogP) is 3.13. The van der Waals surface area contributed by atoms with Crippen molar-refractivity contribution in [2.45, 2.75) is 32.7 Å². The molecule has 0 aliphatic carbocycles. The van der Waals surface area contributed by atoms with Gasteiger partial charge in [-0.2, -0.15) is 0 Å². The van der Waals surface area contributed by atoms with Gasteiger partial charge in [-0.1, -0.05) is 18.9 Å². The quantitative estimate of drug-likeness (QED) is 0.847. The van der Waals surface area contributed by atoms with Crippen LogP contribution >= 0.6 is 15.9 Å². The second kappa shape index (κ2) is 7.37. The molecular formula is C14H18BrNO. The summed E-state index contributed by atoms with van der Waals surface area (Å²) in [5.74, 6) is 6.48. The van der Waals surface area contributed by atoms with Crippen molar-refractivity contribution in [2.75, 3.05) is 6.61 Å². The second-order valence-electron chi connectivity index (χ2n) is 3.85. The summed E-state index contributed by atoms with van der Waals surface area (Å²) >= 11 is 3.50. The molecule has 1 unspecified atom stereocenters. The van der Waals surface area contributed by atoms with E-state index in [-0.39, 0.29) is 6.04 Å². The van der Waals surface area contributed by atoms with E-state index in [2.05, 4.69) is 46.8 Å². The van der Waals surface area contributed by atoms with Crippen molar-refractivity contribution in [1.82, 2.24) is 0 Å². The van der Waals surface area contributed by atoms with E-state index in [0.717, 1.165) is 23.1 Å². The zero-order chi connectivity index (χ0) is 12.7. The molecule has 1 atom stereocenters. The van der Waals surface area contributed by atoms with Crippen LogP contribution in [0.4, 0.5) is 0 Å². The van der Waals surface area contributed by atoms with Gasteiger partial charge in [0.15, 0.2) is 0 Å². The van der Waals surface area contributed by atoms with Crippen molar-refractivity contribution in [3.8, 4) is 17.6 Å². The minimum absolute atomic E-state index is 0.222. The Bertz CT molecular complexity index is 420. The van der Waals surface area contributed by atoms with E-state index in [1.54, 1.807) is 6.92 Å². The lowest BCUT2D eigenvalue weighted by Crippen LogP contribution is -2.21. The van der Waals surface area contributed by atoms with Gasteiger partial charge in [0.05, 0.1) is 4.47 Å². The monoisotopic (exact) mass is 295 g/mol. The molecule has 0 heterocycles. The molecule has 3 heteroatoms. The van der Waals surface area contributed by atoms with E-state index in [9.17, 15) is 0 Å². The molecule has 1 aromatic carbocycles. The molecule has 0 saturated heterocycles. The Hall–Kier alpha value is -0.980. The molecule has 0 amide bonds. The highest BCUT2D eigenvalue weighted by Gasteiger charge is 2.05. The van der Waals surface area contributed by atoms with Crippen LogP contribution in [0, 0.1) is 11.8 Å². The maximum Gasteiger partial charge on any atom is 0.149 e. The topological polar surface area (TPSA) is 35.2 Å². The Balaban J connectivity index is 2.67. The molecule has 0 spiro atoms. The summed E-state index contributed by atoms with van der Waals surface area (Å²) in [5.41, 5.74) is 7.15. The lowest BCUT2D eigenvalue weighted by Gasteiger charge is -2.11.